The number of sulfonamides is 1. The highest BCUT2D eigenvalue weighted by atomic mass is 35.5. The Morgan fingerprint density at radius 2 is 2.02 bits per heavy atom. The van der Waals surface area contributed by atoms with Crippen molar-refractivity contribution in [1.82, 2.24) is 9.62 Å². The lowest BCUT2D eigenvalue weighted by Gasteiger charge is -2.48. The Bertz CT molecular complexity index is 1410. The van der Waals surface area contributed by atoms with Crippen molar-refractivity contribution in [2.24, 2.45) is 11.8 Å². The highest BCUT2D eigenvalue weighted by molar-refractivity contribution is 7.90. The quantitative estimate of drug-likeness (QED) is 0.504. The summed E-state index contributed by atoms with van der Waals surface area (Å²) < 4.78 is 34.3. The van der Waals surface area contributed by atoms with Gasteiger partial charge in [0.1, 0.15) is 5.25 Å². The molecule has 4 atom stereocenters. The Balaban J connectivity index is 1.51. The predicted molar refractivity (Wildman–Crippen MR) is 155 cm³/mol. The number of aliphatic hydroxyl groups is 1. The molecule has 0 unspecified atom stereocenters. The number of aliphatic hydroxyl groups excluding tert-OH is 1. The molecule has 214 valence electrons. The van der Waals surface area contributed by atoms with Crippen LogP contribution in [-0.4, -0.2) is 55.9 Å². The highest BCUT2D eigenvalue weighted by Crippen LogP contribution is 2.45. The normalized spacial score (nSPS) is 31.8. The van der Waals surface area contributed by atoms with E-state index in [-0.39, 0.29) is 17.4 Å². The van der Waals surface area contributed by atoms with Gasteiger partial charge in [-0.25, -0.2) is 13.1 Å². The minimum absolute atomic E-state index is 0.235. The Morgan fingerprint density at radius 3 is 2.83 bits per heavy atom. The molecule has 3 aliphatic heterocycles. The molecule has 40 heavy (non-hydrogen) atoms. The average molecular weight is 585 g/mol. The maximum Gasteiger partial charge on any atom is 0.264 e. The van der Waals surface area contributed by atoms with Crippen molar-refractivity contribution in [1.29, 1.82) is 0 Å². The molecular weight excluding hydrogens is 548 g/mol. The Hall–Kier alpha value is -2.55. The summed E-state index contributed by atoms with van der Waals surface area (Å²) in [5, 5.41) is 9.65. The number of carbonyl (C=O) groups is 1. The van der Waals surface area contributed by atoms with E-state index in [4.69, 9.17) is 16.3 Å². The van der Waals surface area contributed by atoms with Crippen molar-refractivity contribution in [2.45, 2.75) is 62.0 Å². The summed E-state index contributed by atoms with van der Waals surface area (Å²) in [5.74, 6) is 0.465. The maximum absolute atomic E-state index is 13.4. The monoisotopic (exact) mass is 584 g/mol. The zero-order valence-electron chi connectivity index (χ0n) is 22.6. The van der Waals surface area contributed by atoms with Crippen LogP contribution in [0.2, 0.25) is 5.02 Å². The molecule has 7 nitrogen and oxygen atoms in total. The van der Waals surface area contributed by atoms with Gasteiger partial charge in [0.15, 0.2) is 0 Å². The number of aryl methyl sites for hydroxylation is 1. The molecule has 2 bridgehead atoms. The molecule has 1 aromatic rings. The molecule has 1 amide bonds. The minimum Gasteiger partial charge on any atom is -0.500 e. The van der Waals surface area contributed by atoms with Gasteiger partial charge in [0.25, 0.3) is 5.91 Å². The molecular formula is C31H37ClN2O5S. The third-order valence-electron chi connectivity index (χ3n) is 9.58. The third-order valence-corrected chi connectivity index (χ3v) is 11.5. The number of nitrogens with one attached hydrogen (secondary N) is 1. The number of hydrogen-bond donors (Lipinski definition) is 2. The van der Waals surface area contributed by atoms with Crippen LogP contribution in [0.25, 0.3) is 0 Å². The molecule has 2 aliphatic carbocycles. The van der Waals surface area contributed by atoms with Crippen LogP contribution in [0.5, 0.6) is 0 Å². The summed E-state index contributed by atoms with van der Waals surface area (Å²) in [6.07, 6.45) is 16.0. The summed E-state index contributed by atoms with van der Waals surface area (Å²) in [4.78, 5) is 15.8. The van der Waals surface area contributed by atoms with Gasteiger partial charge in [-0.05, 0) is 110 Å². The fraction of sp³-hybridized carbons (Fsp3) is 0.516. The van der Waals surface area contributed by atoms with Crippen molar-refractivity contribution in [3.05, 3.63) is 81.8 Å². The van der Waals surface area contributed by atoms with Crippen molar-refractivity contribution < 1.29 is 23.1 Å². The van der Waals surface area contributed by atoms with E-state index in [1.807, 2.05) is 12.1 Å². The summed E-state index contributed by atoms with van der Waals surface area (Å²) in [5.41, 5.74) is 4.52. The van der Waals surface area contributed by atoms with E-state index < -0.39 is 27.8 Å². The topological polar surface area (TPSA) is 95.9 Å². The lowest BCUT2D eigenvalue weighted by atomic mass is 9.68. The molecule has 2 N–H and O–H groups in total. The van der Waals surface area contributed by atoms with Gasteiger partial charge in [-0.1, -0.05) is 23.7 Å². The van der Waals surface area contributed by atoms with Gasteiger partial charge in [0, 0.05) is 34.8 Å². The molecule has 0 radical (unpaired) electrons. The number of allylic oxidation sites excluding steroid dienone is 4. The van der Waals surface area contributed by atoms with Gasteiger partial charge in [-0.2, -0.15) is 0 Å². The van der Waals surface area contributed by atoms with E-state index in [1.165, 1.54) is 24.0 Å². The van der Waals surface area contributed by atoms with Crippen LogP contribution in [0.15, 0.2) is 65.6 Å². The number of benzene rings is 1. The van der Waals surface area contributed by atoms with Gasteiger partial charge >= 0.3 is 0 Å². The SMILES string of the molecule is O=C1NS(=O)(=O)[C@@H](CO)CCC2=CC[C@@H]3CC[C@H]3CN3C[C@@]4(CCCc5cc(Cl)ccc54)COC=CC=C1C=C23. The summed E-state index contributed by atoms with van der Waals surface area (Å²) in [6.45, 7) is 1.55. The molecule has 6 rings (SSSR count). The Kier molecular flexibility index (Phi) is 7.61. The number of ether oxygens (including phenoxy) is 1. The fourth-order valence-corrected chi connectivity index (χ4v) is 8.54. The molecule has 3 heterocycles. The number of rotatable bonds is 1. The number of halogens is 1. The molecule has 5 aliphatic rings. The maximum atomic E-state index is 13.4. The van der Waals surface area contributed by atoms with Gasteiger partial charge in [-0.15, -0.1) is 0 Å². The van der Waals surface area contributed by atoms with Crippen molar-refractivity contribution in [3.63, 3.8) is 0 Å². The fourth-order valence-electron chi connectivity index (χ4n) is 7.17. The largest absolute Gasteiger partial charge is 0.500 e. The van der Waals surface area contributed by atoms with E-state index in [1.54, 1.807) is 18.4 Å². The standard InChI is InChI=1S/C31H37ClN2O5S/c32-26-10-12-28-23(15-26)3-1-13-31(28)19-34-17-25-8-6-21(25)5-7-22-9-11-27(18-35)40(37,38)33-30(36)24(16-29(22)34)4-2-14-39-20-31/h2,4,7,10,12,14-16,21,25,27,35H,1,3,5-6,8-9,11,13,17-20H2,(H,33,36)/t21-,25+,27-,31+/m1/s1. The Labute approximate surface area is 241 Å². The van der Waals surface area contributed by atoms with E-state index in [0.717, 1.165) is 55.1 Å². The molecule has 1 spiro atoms. The van der Waals surface area contributed by atoms with Gasteiger partial charge in [0.2, 0.25) is 10.0 Å². The van der Waals surface area contributed by atoms with Crippen LogP contribution < -0.4 is 4.72 Å². The number of fused-ring (bicyclic) bond motifs is 4. The second-order valence-electron chi connectivity index (χ2n) is 12.0. The molecule has 1 aromatic carbocycles. The first-order valence-corrected chi connectivity index (χ1v) is 16.3. The van der Waals surface area contributed by atoms with Crippen molar-refractivity contribution in [3.8, 4) is 0 Å². The summed E-state index contributed by atoms with van der Waals surface area (Å²) >= 11 is 6.41. The van der Waals surface area contributed by atoms with Gasteiger partial charge in [0.05, 0.1) is 19.5 Å². The molecule has 1 fully saturated rings. The average Bonchev–Trinajstić information content (AvgIpc) is 2.93. The van der Waals surface area contributed by atoms with Crippen LogP contribution in [0.3, 0.4) is 0 Å². The van der Waals surface area contributed by atoms with Gasteiger partial charge < -0.3 is 14.7 Å². The summed E-state index contributed by atoms with van der Waals surface area (Å²) in [7, 11) is -4.04. The van der Waals surface area contributed by atoms with Crippen LogP contribution in [-0.2, 0) is 31.4 Å². The van der Waals surface area contributed by atoms with E-state index in [2.05, 4.69) is 27.8 Å². The molecule has 0 aromatic heterocycles. The molecule has 0 saturated heterocycles. The summed E-state index contributed by atoms with van der Waals surface area (Å²) in [6, 6.07) is 6.21. The smallest absolute Gasteiger partial charge is 0.264 e. The number of carbonyl (C=O) groups excluding carboxylic acids is 1. The first-order chi connectivity index (χ1) is 19.3. The number of nitrogens with zero attached hydrogens (tertiary/aromatic N) is 1. The predicted octanol–water partition coefficient (Wildman–Crippen LogP) is 4.53. The Morgan fingerprint density at radius 1 is 1.18 bits per heavy atom. The van der Waals surface area contributed by atoms with Crippen LogP contribution in [0.1, 0.15) is 56.1 Å². The van der Waals surface area contributed by atoms with Crippen LogP contribution in [0.4, 0.5) is 0 Å². The first kappa shape index (κ1) is 27.6. The highest BCUT2D eigenvalue weighted by Gasteiger charge is 2.43. The molecule has 9 heteroatoms. The second-order valence-corrected chi connectivity index (χ2v) is 14.4. The minimum atomic E-state index is -4.04. The van der Waals surface area contributed by atoms with Gasteiger partial charge in [-0.3, -0.25) is 4.79 Å². The second kappa shape index (κ2) is 11.0. The lowest BCUT2D eigenvalue weighted by Crippen LogP contribution is -2.49. The third kappa shape index (κ3) is 5.26. The van der Waals surface area contributed by atoms with E-state index in [9.17, 15) is 18.3 Å². The van der Waals surface area contributed by atoms with E-state index in [0.29, 0.717) is 24.9 Å². The van der Waals surface area contributed by atoms with Crippen molar-refractivity contribution in [2.75, 3.05) is 26.3 Å². The lowest BCUT2D eigenvalue weighted by molar-refractivity contribution is -0.115. The van der Waals surface area contributed by atoms with Crippen LogP contribution in [0, 0.1) is 11.8 Å². The zero-order chi connectivity index (χ0) is 27.9. The molecule has 1 saturated carbocycles. The van der Waals surface area contributed by atoms with Crippen LogP contribution >= 0.6 is 11.6 Å². The number of hydrogen-bond acceptors (Lipinski definition) is 6. The van der Waals surface area contributed by atoms with E-state index >= 15 is 0 Å². The zero-order valence-corrected chi connectivity index (χ0v) is 24.2. The van der Waals surface area contributed by atoms with Crippen molar-refractivity contribution >= 4 is 27.5 Å². The first-order valence-electron chi connectivity index (χ1n) is 14.4. The number of amides is 1.